The third-order valence-electron chi connectivity index (χ3n) is 5.70. The highest BCUT2D eigenvalue weighted by molar-refractivity contribution is 7.92. The summed E-state index contributed by atoms with van der Waals surface area (Å²) in [7, 11) is -3.82. The van der Waals surface area contributed by atoms with Crippen molar-refractivity contribution in [2.75, 3.05) is 23.4 Å². The van der Waals surface area contributed by atoms with Crippen molar-refractivity contribution < 1.29 is 27.5 Å². The van der Waals surface area contributed by atoms with Crippen LogP contribution in [0.15, 0.2) is 48.5 Å². The van der Waals surface area contributed by atoms with Gasteiger partial charge in [0, 0.05) is 18.2 Å². The number of hydrogen-bond donors (Lipinski definition) is 1. The van der Waals surface area contributed by atoms with E-state index in [0.717, 1.165) is 9.87 Å². The van der Waals surface area contributed by atoms with Gasteiger partial charge in [-0.1, -0.05) is 37.3 Å². The molecule has 0 radical (unpaired) electrons. The Hall–Kier alpha value is -3.27. The number of amides is 2. The van der Waals surface area contributed by atoms with Gasteiger partial charge < -0.3 is 19.7 Å². The summed E-state index contributed by atoms with van der Waals surface area (Å²) in [5.74, 6) is -0.0515. The third-order valence-corrected chi connectivity index (χ3v) is 7.44. The lowest BCUT2D eigenvalue weighted by Gasteiger charge is -2.34. The molecule has 10 heteroatoms. The first-order chi connectivity index (χ1) is 16.9. The molecule has 2 aromatic carbocycles. The van der Waals surface area contributed by atoms with Gasteiger partial charge in [-0.2, -0.15) is 0 Å². The van der Waals surface area contributed by atoms with E-state index < -0.39 is 34.1 Å². The fraction of sp³-hybridized carbons (Fsp3) is 0.462. The molecule has 2 amide bonds. The summed E-state index contributed by atoms with van der Waals surface area (Å²) in [6, 6.07) is 13.3. The van der Waals surface area contributed by atoms with Gasteiger partial charge in [0.2, 0.25) is 28.6 Å². The van der Waals surface area contributed by atoms with E-state index in [1.165, 1.54) is 11.8 Å². The lowest BCUT2D eigenvalue weighted by atomic mass is 10.1. The topological polar surface area (TPSA) is 105 Å². The standard InChI is InChI=1S/C26H35N3O6S/c1-6-21(25(31)27-26(3,4)5)28(16-19-11-9-8-10-12-19)24(30)17-29(36(32,33)7-2)20-13-14-22-23(15-20)35-18-34-22/h8-15,21H,6-7,16-18H2,1-5H3,(H,27,31)/t21-/m0/s1. The van der Waals surface area contributed by atoms with Crippen LogP contribution in [0.2, 0.25) is 0 Å². The van der Waals surface area contributed by atoms with Gasteiger partial charge in [-0.15, -0.1) is 0 Å². The second kappa shape index (κ2) is 11.2. The minimum atomic E-state index is -3.82. The number of sulfonamides is 1. The van der Waals surface area contributed by atoms with Crippen molar-refractivity contribution in [1.82, 2.24) is 10.2 Å². The molecule has 3 rings (SSSR count). The van der Waals surface area contributed by atoms with Gasteiger partial charge in [0.1, 0.15) is 12.6 Å². The predicted molar refractivity (Wildman–Crippen MR) is 138 cm³/mol. The number of nitrogens with zero attached hydrogens (tertiary/aromatic N) is 2. The number of carbonyl (C=O) groups is 2. The van der Waals surface area contributed by atoms with Crippen LogP contribution >= 0.6 is 0 Å². The first kappa shape index (κ1) is 27.3. The maximum absolute atomic E-state index is 13.8. The highest BCUT2D eigenvalue weighted by Gasteiger charge is 2.34. The zero-order chi connectivity index (χ0) is 26.5. The molecule has 0 unspecified atom stereocenters. The van der Waals surface area contributed by atoms with Crippen molar-refractivity contribution in [3.8, 4) is 11.5 Å². The molecule has 1 heterocycles. The van der Waals surface area contributed by atoms with Gasteiger partial charge in [-0.25, -0.2) is 8.42 Å². The van der Waals surface area contributed by atoms with Crippen molar-refractivity contribution in [1.29, 1.82) is 0 Å². The highest BCUT2D eigenvalue weighted by Crippen LogP contribution is 2.36. The first-order valence-electron chi connectivity index (χ1n) is 12.0. The zero-order valence-corrected chi connectivity index (χ0v) is 22.3. The molecule has 1 N–H and O–H groups in total. The van der Waals surface area contributed by atoms with Crippen LogP contribution in [0.1, 0.15) is 46.6 Å². The summed E-state index contributed by atoms with van der Waals surface area (Å²) < 4.78 is 38.0. The van der Waals surface area contributed by atoms with Crippen LogP contribution in [0, 0.1) is 0 Å². The number of hydrogen-bond acceptors (Lipinski definition) is 6. The molecule has 0 fully saturated rings. The van der Waals surface area contributed by atoms with Gasteiger partial charge >= 0.3 is 0 Å². The Morgan fingerprint density at radius 2 is 1.69 bits per heavy atom. The second-order valence-electron chi connectivity index (χ2n) is 9.62. The summed E-state index contributed by atoms with van der Waals surface area (Å²) in [5.41, 5.74) is 0.637. The van der Waals surface area contributed by atoms with Gasteiger partial charge in [0.25, 0.3) is 0 Å². The fourth-order valence-corrected chi connectivity index (χ4v) is 4.97. The Balaban J connectivity index is 1.97. The Labute approximate surface area is 213 Å². The van der Waals surface area contributed by atoms with Crippen molar-refractivity contribution in [3.05, 3.63) is 54.1 Å². The molecule has 1 atom stereocenters. The fourth-order valence-electron chi connectivity index (χ4n) is 3.91. The van der Waals surface area contributed by atoms with Crippen molar-refractivity contribution in [3.63, 3.8) is 0 Å². The van der Waals surface area contributed by atoms with E-state index in [4.69, 9.17) is 9.47 Å². The van der Waals surface area contributed by atoms with Crippen molar-refractivity contribution in [2.24, 2.45) is 0 Å². The van der Waals surface area contributed by atoms with Gasteiger partial charge in [0.15, 0.2) is 11.5 Å². The van der Waals surface area contributed by atoms with Crippen LogP contribution in [0.25, 0.3) is 0 Å². The molecular weight excluding hydrogens is 482 g/mol. The summed E-state index contributed by atoms with van der Waals surface area (Å²) in [5, 5.41) is 2.95. The van der Waals surface area contributed by atoms with E-state index in [-0.39, 0.29) is 25.0 Å². The van der Waals surface area contributed by atoms with E-state index in [9.17, 15) is 18.0 Å². The highest BCUT2D eigenvalue weighted by atomic mass is 32.2. The van der Waals surface area contributed by atoms with Gasteiger partial charge in [-0.3, -0.25) is 13.9 Å². The SMILES string of the molecule is CC[C@@H](C(=O)NC(C)(C)C)N(Cc1ccccc1)C(=O)CN(c1ccc2c(c1)OCO2)S(=O)(=O)CC. The molecule has 9 nitrogen and oxygen atoms in total. The molecule has 0 bridgehead atoms. The van der Waals surface area contributed by atoms with E-state index in [1.807, 2.05) is 58.0 Å². The number of fused-ring (bicyclic) bond motifs is 1. The lowest BCUT2D eigenvalue weighted by Crippen LogP contribution is -2.55. The van der Waals surface area contributed by atoms with Crippen LogP contribution in [0.4, 0.5) is 5.69 Å². The van der Waals surface area contributed by atoms with Gasteiger partial charge in [0.05, 0.1) is 11.4 Å². The number of ether oxygens (including phenoxy) is 2. The second-order valence-corrected chi connectivity index (χ2v) is 11.8. The minimum Gasteiger partial charge on any atom is -0.454 e. The zero-order valence-electron chi connectivity index (χ0n) is 21.5. The van der Waals surface area contributed by atoms with Crippen LogP contribution in [-0.2, 0) is 26.2 Å². The normalized spacial score (nSPS) is 13.7. The number of nitrogens with one attached hydrogen (secondary N) is 1. The maximum Gasteiger partial charge on any atom is 0.244 e. The molecule has 0 saturated carbocycles. The molecule has 0 aliphatic carbocycles. The maximum atomic E-state index is 13.8. The van der Waals surface area contributed by atoms with Crippen LogP contribution in [0.5, 0.6) is 11.5 Å². The van der Waals surface area contributed by atoms with Crippen molar-refractivity contribution >= 4 is 27.5 Å². The third kappa shape index (κ3) is 6.69. The lowest BCUT2D eigenvalue weighted by molar-refractivity contribution is -0.141. The molecule has 196 valence electrons. The average Bonchev–Trinajstić information content (AvgIpc) is 3.29. The van der Waals surface area contributed by atoms with Crippen LogP contribution in [-0.4, -0.2) is 55.8 Å². The molecule has 36 heavy (non-hydrogen) atoms. The summed E-state index contributed by atoms with van der Waals surface area (Å²) in [6.45, 7) is 8.72. The van der Waals surface area contributed by atoms with Crippen LogP contribution in [0.3, 0.4) is 0 Å². The summed E-state index contributed by atoms with van der Waals surface area (Å²) in [6.07, 6.45) is 0.366. The van der Waals surface area contributed by atoms with E-state index in [0.29, 0.717) is 23.6 Å². The van der Waals surface area contributed by atoms with E-state index in [2.05, 4.69) is 5.32 Å². The summed E-state index contributed by atoms with van der Waals surface area (Å²) in [4.78, 5) is 28.4. The Bertz CT molecular complexity index is 1180. The molecule has 0 aromatic heterocycles. The molecule has 1 aliphatic rings. The minimum absolute atomic E-state index is 0.0458. The molecular formula is C26H35N3O6S. The van der Waals surface area contributed by atoms with Gasteiger partial charge in [-0.05, 0) is 51.8 Å². The van der Waals surface area contributed by atoms with Crippen molar-refractivity contribution in [2.45, 2.75) is 59.2 Å². The number of carbonyl (C=O) groups excluding carboxylic acids is 2. The quantitative estimate of drug-likeness (QED) is 0.519. The predicted octanol–water partition coefficient (Wildman–Crippen LogP) is 3.29. The number of benzene rings is 2. The van der Waals surface area contributed by atoms with E-state index in [1.54, 1.807) is 18.2 Å². The monoisotopic (exact) mass is 517 g/mol. The van der Waals surface area contributed by atoms with E-state index >= 15 is 0 Å². The largest absolute Gasteiger partial charge is 0.454 e. The smallest absolute Gasteiger partial charge is 0.244 e. The molecule has 0 saturated heterocycles. The average molecular weight is 518 g/mol. The Kier molecular flexibility index (Phi) is 8.50. The first-order valence-corrected chi connectivity index (χ1v) is 13.6. The Morgan fingerprint density at radius 3 is 2.31 bits per heavy atom. The molecule has 0 spiro atoms. The molecule has 2 aromatic rings. The summed E-state index contributed by atoms with van der Waals surface area (Å²) >= 11 is 0. The Morgan fingerprint density at radius 1 is 1.03 bits per heavy atom. The molecule has 1 aliphatic heterocycles. The van der Waals surface area contributed by atoms with Crippen LogP contribution < -0.4 is 19.1 Å². The number of anilines is 1. The number of rotatable bonds is 10.